The Morgan fingerprint density at radius 2 is 2.13 bits per heavy atom. The number of aliphatic carboxylic acids is 1. The second kappa shape index (κ2) is 4.29. The van der Waals surface area contributed by atoms with Gasteiger partial charge < -0.3 is 15.2 Å². The van der Waals surface area contributed by atoms with Crippen LogP contribution in [0.1, 0.15) is 13.3 Å². The quantitative estimate of drug-likeness (QED) is 0.612. The van der Waals surface area contributed by atoms with Crippen molar-refractivity contribution in [2.24, 2.45) is 11.8 Å². The highest BCUT2D eigenvalue weighted by molar-refractivity contribution is 5.92. The molecule has 1 rings (SSSR count). The van der Waals surface area contributed by atoms with Gasteiger partial charge in [0.05, 0.1) is 25.4 Å². The molecule has 1 aliphatic heterocycles. The molecule has 6 heteroatoms. The van der Waals surface area contributed by atoms with E-state index in [1.54, 1.807) is 6.92 Å². The topological polar surface area (TPSA) is 92.7 Å². The van der Waals surface area contributed by atoms with Crippen molar-refractivity contribution in [3.05, 3.63) is 0 Å². The van der Waals surface area contributed by atoms with Crippen LogP contribution in [-0.2, 0) is 19.1 Å². The smallest absolute Gasteiger partial charge is 0.311 e. The number of esters is 1. The lowest BCUT2D eigenvalue weighted by molar-refractivity contribution is -0.149. The monoisotopic (exact) mass is 215 g/mol. The maximum atomic E-state index is 11.4. The van der Waals surface area contributed by atoms with Gasteiger partial charge in [0.1, 0.15) is 0 Å². The maximum absolute atomic E-state index is 11.4. The Hall–Kier alpha value is -1.59. The summed E-state index contributed by atoms with van der Waals surface area (Å²) in [5.74, 6) is -3.59. The van der Waals surface area contributed by atoms with Crippen molar-refractivity contribution in [1.29, 1.82) is 0 Å². The number of rotatable bonds is 3. The SMILES string of the molecule is COC(=O)[C@@H]1[C@H](CC(=O)O)C(=O)N[C@@H]1C. The number of hydrogen-bond donors (Lipinski definition) is 2. The molecule has 0 aromatic carbocycles. The molecule has 0 aliphatic carbocycles. The fourth-order valence-corrected chi connectivity index (χ4v) is 1.85. The molecule has 1 heterocycles. The van der Waals surface area contributed by atoms with E-state index in [0.29, 0.717) is 0 Å². The van der Waals surface area contributed by atoms with E-state index in [1.807, 2.05) is 0 Å². The number of nitrogens with one attached hydrogen (secondary N) is 1. The highest BCUT2D eigenvalue weighted by atomic mass is 16.5. The average Bonchev–Trinajstić information content (AvgIpc) is 2.40. The van der Waals surface area contributed by atoms with Crippen LogP contribution in [0.2, 0.25) is 0 Å². The third kappa shape index (κ3) is 2.26. The summed E-state index contributed by atoms with van der Waals surface area (Å²) in [7, 11) is 1.22. The first-order valence-corrected chi connectivity index (χ1v) is 4.57. The number of amides is 1. The van der Waals surface area contributed by atoms with E-state index in [4.69, 9.17) is 5.11 Å². The van der Waals surface area contributed by atoms with Crippen LogP contribution >= 0.6 is 0 Å². The standard InChI is InChI=1S/C9H13NO5/c1-4-7(9(14)15-2)5(3-6(11)12)8(13)10-4/h4-5,7H,3H2,1-2H3,(H,10,13)(H,11,12)/t4-,5+,7+/m1/s1. The fraction of sp³-hybridized carbons (Fsp3) is 0.667. The zero-order valence-corrected chi connectivity index (χ0v) is 8.52. The van der Waals surface area contributed by atoms with E-state index in [-0.39, 0.29) is 12.5 Å². The minimum atomic E-state index is -1.10. The predicted molar refractivity (Wildman–Crippen MR) is 48.9 cm³/mol. The predicted octanol–water partition coefficient (Wildman–Crippen LogP) is -0.615. The molecule has 1 aliphatic rings. The third-order valence-corrected chi connectivity index (χ3v) is 2.55. The van der Waals surface area contributed by atoms with Gasteiger partial charge >= 0.3 is 11.9 Å². The van der Waals surface area contributed by atoms with E-state index in [9.17, 15) is 14.4 Å². The van der Waals surface area contributed by atoms with Crippen LogP contribution in [0, 0.1) is 11.8 Å². The molecule has 0 bridgehead atoms. The Morgan fingerprint density at radius 1 is 1.53 bits per heavy atom. The van der Waals surface area contributed by atoms with Crippen molar-refractivity contribution in [3.63, 3.8) is 0 Å². The summed E-state index contributed by atoms with van der Waals surface area (Å²) in [5, 5.41) is 11.2. The second-order valence-corrected chi connectivity index (χ2v) is 3.55. The zero-order valence-electron chi connectivity index (χ0n) is 8.52. The minimum Gasteiger partial charge on any atom is -0.481 e. The zero-order chi connectivity index (χ0) is 11.6. The first kappa shape index (κ1) is 11.5. The van der Waals surface area contributed by atoms with Gasteiger partial charge in [0.25, 0.3) is 0 Å². The first-order valence-electron chi connectivity index (χ1n) is 4.57. The number of hydrogen-bond acceptors (Lipinski definition) is 4. The molecule has 2 N–H and O–H groups in total. The summed E-state index contributed by atoms with van der Waals surface area (Å²) >= 11 is 0. The Bertz CT molecular complexity index is 301. The van der Waals surface area contributed by atoms with Gasteiger partial charge in [-0.1, -0.05) is 0 Å². The summed E-state index contributed by atoms with van der Waals surface area (Å²) in [6.45, 7) is 1.65. The number of carbonyl (C=O) groups excluding carboxylic acids is 2. The molecule has 0 radical (unpaired) electrons. The average molecular weight is 215 g/mol. The number of methoxy groups -OCH3 is 1. The van der Waals surface area contributed by atoms with Gasteiger partial charge in [-0.15, -0.1) is 0 Å². The molecule has 0 saturated carbocycles. The molecule has 0 unspecified atom stereocenters. The van der Waals surface area contributed by atoms with Crippen molar-refractivity contribution < 1.29 is 24.2 Å². The van der Waals surface area contributed by atoms with E-state index in [2.05, 4.69) is 10.1 Å². The van der Waals surface area contributed by atoms with Crippen molar-refractivity contribution in [1.82, 2.24) is 5.32 Å². The highest BCUT2D eigenvalue weighted by Crippen LogP contribution is 2.27. The Kier molecular flexibility index (Phi) is 3.28. The van der Waals surface area contributed by atoms with Crippen molar-refractivity contribution in [2.75, 3.05) is 7.11 Å². The third-order valence-electron chi connectivity index (χ3n) is 2.55. The number of carbonyl (C=O) groups is 3. The van der Waals surface area contributed by atoms with Gasteiger partial charge in [-0.2, -0.15) is 0 Å². The normalized spacial score (nSPS) is 29.7. The lowest BCUT2D eigenvalue weighted by atomic mass is 9.88. The second-order valence-electron chi connectivity index (χ2n) is 3.55. The van der Waals surface area contributed by atoms with Gasteiger partial charge in [0.2, 0.25) is 5.91 Å². The van der Waals surface area contributed by atoms with Crippen molar-refractivity contribution in [2.45, 2.75) is 19.4 Å². The molecular weight excluding hydrogens is 202 g/mol. The molecule has 0 aromatic heterocycles. The van der Waals surface area contributed by atoms with Crippen LogP contribution in [-0.4, -0.2) is 36.1 Å². The van der Waals surface area contributed by atoms with Crippen LogP contribution in [0.4, 0.5) is 0 Å². The molecular formula is C9H13NO5. The maximum Gasteiger partial charge on any atom is 0.311 e. The van der Waals surface area contributed by atoms with E-state index in [0.717, 1.165) is 0 Å². The number of carboxylic acid groups (broad SMARTS) is 1. The number of ether oxygens (including phenoxy) is 1. The van der Waals surface area contributed by atoms with Crippen molar-refractivity contribution in [3.8, 4) is 0 Å². The Balaban J connectivity index is 2.84. The molecule has 1 amide bonds. The van der Waals surface area contributed by atoms with Crippen LogP contribution in [0.25, 0.3) is 0 Å². The van der Waals surface area contributed by atoms with Gasteiger partial charge in [0.15, 0.2) is 0 Å². The first-order chi connectivity index (χ1) is 6.97. The Morgan fingerprint density at radius 3 is 2.60 bits per heavy atom. The summed E-state index contributed by atoms with van der Waals surface area (Å²) in [6.07, 6.45) is -0.351. The van der Waals surface area contributed by atoms with Crippen LogP contribution in [0.3, 0.4) is 0 Å². The van der Waals surface area contributed by atoms with Crippen molar-refractivity contribution >= 4 is 17.8 Å². The van der Waals surface area contributed by atoms with E-state index in [1.165, 1.54) is 7.11 Å². The largest absolute Gasteiger partial charge is 0.481 e. The van der Waals surface area contributed by atoms with Gasteiger partial charge in [-0.05, 0) is 6.92 Å². The summed E-state index contributed by atoms with van der Waals surface area (Å²) < 4.78 is 4.54. The molecule has 1 fully saturated rings. The lowest BCUT2D eigenvalue weighted by Crippen LogP contribution is -2.31. The van der Waals surface area contributed by atoms with Crippen LogP contribution in [0.15, 0.2) is 0 Å². The molecule has 3 atom stereocenters. The summed E-state index contributed by atoms with van der Waals surface area (Å²) in [5.41, 5.74) is 0. The van der Waals surface area contributed by atoms with Crippen LogP contribution < -0.4 is 5.32 Å². The summed E-state index contributed by atoms with van der Waals surface area (Å²) in [6, 6.07) is -0.380. The minimum absolute atomic E-state index is 0.351. The van der Waals surface area contributed by atoms with Crippen LogP contribution in [0.5, 0.6) is 0 Å². The molecule has 15 heavy (non-hydrogen) atoms. The van der Waals surface area contributed by atoms with Gasteiger partial charge in [0, 0.05) is 6.04 Å². The van der Waals surface area contributed by atoms with Gasteiger partial charge in [-0.3, -0.25) is 14.4 Å². The molecule has 1 saturated heterocycles. The molecule has 0 spiro atoms. The number of carboxylic acids is 1. The lowest BCUT2D eigenvalue weighted by Gasteiger charge is -2.15. The molecule has 6 nitrogen and oxygen atoms in total. The molecule has 0 aromatic rings. The van der Waals surface area contributed by atoms with E-state index < -0.39 is 29.7 Å². The Labute approximate surface area is 86.6 Å². The fourth-order valence-electron chi connectivity index (χ4n) is 1.85. The summed E-state index contributed by atoms with van der Waals surface area (Å²) in [4.78, 5) is 33.3. The molecule has 84 valence electrons. The van der Waals surface area contributed by atoms with Gasteiger partial charge in [-0.25, -0.2) is 0 Å². The highest BCUT2D eigenvalue weighted by Gasteiger charge is 2.45. The van der Waals surface area contributed by atoms with E-state index >= 15 is 0 Å².